The van der Waals surface area contributed by atoms with Crippen LogP contribution in [0.15, 0.2) is 22.7 Å². The summed E-state index contributed by atoms with van der Waals surface area (Å²) < 4.78 is 2.90. The second-order valence-corrected chi connectivity index (χ2v) is 6.09. The quantitative estimate of drug-likeness (QED) is 0.869. The second-order valence-electron chi connectivity index (χ2n) is 4.89. The van der Waals surface area contributed by atoms with Crippen LogP contribution in [0.2, 0.25) is 5.02 Å². The van der Waals surface area contributed by atoms with E-state index in [1.807, 2.05) is 30.7 Å². The Morgan fingerprint density at radius 2 is 2.10 bits per heavy atom. The molecule has 2 aromatic rings. The van der Waals surface area contributed by atoms with Gasteiger partial charge in [-0.15, -0.1) is 0 Å². The van der Waals surface area contributed by atoms with Crippen LogP contribution < -0.4 is 5.32 Å². The van der Waals surface area contributed by atoms with Crippen molar-refractivity contribution >= 4 is 27.5 Å². The zero-order chi connectivity index (χ0) is 14.9. The average Bonchev–Trinajstić information content (AvgIpc) is 2.66. The number of halogens is 2. The van der Waals surface area contributed by atoms with E-state index in [1.165, 1.54) is 5.56 Å². The van der Waals surface area contributed by atoms with E-state index in [-0.39, 0.29) is 0 Å². The molecule has 0 bridgehead atoms. The normalized spacial score (nSPS) is 12.7. The standard InChI is InChI=1S/C15H19BrClN3/c1-5-18-9(2)12-6-7-14(13(17)8-12)20-11(4)15(16)10(3)19-20/h6-9,18H,5H2,1-4H3. The van der Waals surface area contributed by atoms with E-state index in [1.54, 1.807) is 0 Å². The molecule has 108 valence electrons. The molecule has 1 aromatic carbocycles. The lowest BCUT2D eigenvalue weighted by Crippen LogP contribution is -2.17. The van der Waals surface area contributed by atoms with Gasteiger partial charge in [-0.1, -0.05) is 24.6 Å². The predicted molar refractivity (Wildman–Crippen MR) is 87.8 cm³/mol. The summed E-state index contributed by atoms with van der Waals surface area (Å²) in [5, 5.41) is 8.62. The molecule has 0 radical (unpaired) electrons. The van der Waals surface area contributed by atoms with Crippen molar-refractivity contribution in [1.29, 1.82) is 0 Å². The first-order valence-corrected chi connectivity index (χ1v) is 7.87. The highest BCUT2D eigenvalue weighted by Crippen LogP contribution is 2.29. The molecular weight excluding hydrogens is 338 g/mol. The molecule has 1 N–H and O–H groups in total. The highest BCUT2D eigenvalue weighted by atomic mass is 79.9. The maximum atomic E-state index is 6.44. The third kappa shape index (κ3) is 2.92. The van der Waals surface area contributed by atoms with Crippen LogP contribution in [0.3, 0.4) is 0 Å². The zero-order valence-electron chi connectivity index (χ0n) is 12.2. The Labute approximate surface area is 133 Å². The van der Waals surface area contributed by atoms with Crippen molar-refractivity contribution in [2.75, 3.05) is 6.54 Å². The molecule has 3 nitrogen and oxygen atoms in total. The van der Waals surface area contributed by atoms with E-state index in [9.17, 15) is 0 Å². The number of nitrogens with zero attached hydrogens (tertiary/aromatic N) is 2. The summed E-state index contributed by atoms with van der Waals surface area (Å²) in [7, 11) is 0. The van der Waals surface area contributed by atoms with E-state index >= 15 is 0 Å². The highest BCUT2D eigenvalue weighted by Gasteiger charge is 2.14. The van der Waals surface area contributed by atoms with Crippen molar-refractivity contribution < 1.29 is 0 Å². The molecule has 0 aliphatic rings. The maximum absolute atomic E-state index is 6.44. The smallest absolute Gasteiger partial charge is 0.0835 e. The number of aryl methyl sites for hydroxylation is 1. The topological polar surface area (TPSA) is 29.9 Å². The molecule has 1 heterocycles. The van der Waals surface area contributed by atoms with Gasteiger partial charge >= 0.3 is 0 Å². The molecule has 0 fully saturated rings. The van der Waals surface area contributed by atoms with Crippen LogP contribution in [0.5, 0.6) is 0 Å². The molecule has 0 amide bonds. The van der Waals surface area contributed by atoms with Gasteiger partial charge in [-0.2, -0.15) is 5.10 Å². The van der Waals surface area contributed by atoms with E-state index in [4.69, 9.17) is 11.6 Å². The monoisotopic (exact) mass is 355 g/mol. The minimum Gasteiger partial charge on any atom is -0.310 e. The summed E-state index contributed by atoms with van der Waals surface area (Å²) in [6.45, 7) is 9.16. The van der Waals surface area contributed by atoms with Crippen molar-refractivity contribution in [3.63, 3.8) is 0 Å². The second kappa shape index (κ2) is 6.29. The van der Waals surface area contributed by atoms with Crippen molar-refractivity contribution in [2.24, 2.45) is 0 Å². The van der Waals surface area contributed by atoms with Gasteiger partial charge in [-0.25, -0.2) is 4.68 Å². The maximum Gasteiger partial charge on any atom is 0.0835 e. The Balaban J connectivity index is 2.41. The van der Waals surface area contributed by atoms with Crippen LogP contribution in [-0.2, 0) is 0 Å². The van der Waals surface area contributed by atoms with Crippen LogP contribution in [0, 0.1) is 13.8 Å². The minimum atomic E-state index is 0.291. The van der Waals surface area contributed by atoms with Crippen molar-refractivity contribution in [1.82, 2.24) is 15.1 Å². The fourth-order valence-electron chi connectivity index (χ4n) is 2.25. The third-order valence-corrected chi connectivity index (χ3v) is 4.86. The van der Waals surface area contributed by atoms with Gasteiger partial charge in [-0.05, 0) is 60.9 Å². The summed E-state index contributed by atoms with van der Waals surface area (Å²) in [5.41, 5.74) is 4.10. The van der Waals surface area contributed by atoms with Gasteiger partial charge in [0.2, 0.25) is 0 Å². The number of hydrogen-bond donors (Lipinski definition) is 1. The molecule has 0 spiro atoms. The first-order chi connectivity index (χ1) is 9.45. The van der Waals surface area contributed by atoms with Crippen molar-refractivity contribution in [2.45, 2.75) is 33.7 Å². The molecule has 0 saturated heterocycles. The Hall–Kier alpha value is -0.840. The van der Waals surface area contributed by atoms with Gasteiger partial charge in [0.1, 0.15) is 0 Å². The molecule has 0 aliphatic heterocycles. The van der Waals surface area contributed by atoms with E-state index in [0.717, 1.165) is 28.1 Å². The Kier molecular flexibility index (Phi) is 4.89. The van der Waals surface area contributed by atoms with Gasteiger partial charge in [0.05, 0.1) is 26.6 Å². The molecule has 20 heavy (non-hydrogen) atoms. The largest absolute Gasteiger partial charge is 0.310 e. The van der Waals surface area contributed by atoms with Gasteiger partial charge < -0.3 is 5.32 Å². The van der Waals surface area contributed by atoms with Crippen LogP contribution in [-0.4, -0.2) is 16.3 Å². The van der Waals surface area contributed by atoms with Gasteiger partial charge in [-0.3, -0.25) is 0 Å². The van der Waals surface area contributed by atoms with Gasteiger partial charge in [0.15, 0.2) is 0 Å². The molecule has 2 rings (SSSR count). The summed E-state index contributed by atoms with van der Waals surface area (Å²) in [4.78, 5) is 0. The Morgan fingerprint density at radius 3 is 2.60 bits per heavy atom. The molecule has 1 unspecified atom stereocenters. The number of nitrogens with one attached hydrogen (secondary N) is 1. The lowest BCUT2D eigenvalue weighted by molar-refractivity contribution is 0.598. The fraction of sp³-hybridized carbons (Fsp3) is 0.400. The van der Waals surface area contributed by atoms with E-state index in [2.05, 4.69) is 46.3 Å². The average molecular weight is 357 g/mol. The van der Waals surface area contributed by atoms with Gasteiger partial charge in [0, 0.05) is 6.04 Å². The summed E-state index contributed by atoms with van der Waals surface area (Å²) >= 11 is 9.98. The first kappa shape index (κ1) is 15.5. The van der Waals surface area contributed by atoms with E-state index in [0.29, 0.717) is 11.1 Å². The number of hydrogen-bond acceptors (Lipinski definition) is 2. The van der Waals surface area contributed by atoms with Crippen LogP contribution in [0.25, 0.3) is 5.69 Å². The lowest BCUT2D eigenvalue weighted by atomic mass is 10.1. The molecule has 1 atom stereocenters. The molecule has 0 aliphatic carbocycles. The summed E-state index contributed by atoms with van der Waals surface area (Å²) in [5.74, 6) is 0. The molecule has 1 aromatic heterocycles. The summed E-state index contributed by atoms with van der Waals surface area (Å²) in [6.07, 6.45) is 0. The fourth-order valence-corrected chi connectivity index (χ4v) is 2.76. The molecule has 5 heteroatoms. The SMILES string of the molecule is CCNC(C)c1ccc(-n2nc(C)c(Br)c2C)c(Cl)c1. The zero-order valence-corrected chi connectivity index (χ0v) is 14.5. The van der Waals surface area contributed by atoms with Crippen LogP contribution >= 0.6 is 27.5 Å². The molecule has 0 saturated carbocycles. The number of aromatic nitrogens is 2. The van der Waals surface area contributed by atoms with Gasteiger partial charge in [0.25, 0.3) is 0 Å². The Morgan fingerprint density at radius 1 is 1.40 bits per heavy atom. The van der Waals surface area contributed by atoms with Crippen molar-refractivity contribution in [3.8, 4) is 5.69 Å². The van der Waals surface area contributed by atoms with Crippen molar-refractivity contribution in [3.05, 3.63) is 44.6 Å². The predicted octanol–water partition coefficient (Wildman–Crippen LogP) is 4.58. The number of benzene rings is 1. The summed E-state index contributed by atoms with van der Waals surface area (Å²) in [6, 6.07) is 6.42. The first-order valence-electron chi connectivity index (χ1n) is 6.70. The van der Waals surface area contributed by atoms with Crippen LogP contribution in [0.1, 0.15) is 36.8 Å². The molecular formula is C15H19BrClN3. The Bertz CT molecular complexity index is 622. The van der Waals surface area contributed by atoms with E-state index < -0.39 is 0 Å². The highest BCUT2D eigenvalue weighted by molar-refractivity contribution is 9.10. The van der Waals surface area contributed by atoms with Crippen LogP contribution in [0.4, 0.5) is 0 Å². The minimum absolute atomic E-state index is 0.291. The lowest BCUT2D eigenvalue weighted by Gasteiger charge is -2.15. The number of rotatable bonds is 4. The third-order valence-electron chi connectivity index (χ3n) is 3.41.